The van der Waals surface area contributed by atoms with Crippen LogP contribution in [-0.4, -0.2) is 58.9 Å². The van der Waals surface area contributed by atoms with Crippen molar-refractivity contribution in [2.24, 2.45) is 0 Å². The van der Waals surface area contributed by atoms with Gasteiger partial charge in [0, 0.05) is 12.1 Å². The molecule has 2 aliphatic heterocycles. The third-order valence-electron chi connectivity index (χ3n) is 3.94. The molecule has 0 spiro atoms. The predicted octanol–water partition coefficient (Wildman–Crippen LogP) is -0.412. The van der Waals surface area contributed by atoms with Crippen LogP contribution in [0.4, 0.5) is 4.79 Å². The summed E-state index contributed by atoms with van der Waals surface area (Å²) >= 11 is 0. The summed E-state index contributed by atoms with van der Waals surface area (Å²) in [7, 11) is -4.62. The lowest BCUT2D eigenvalue weighted by Gasteiger charge is -2.42. The summed E-state index contributed by atoms with van der Waals surface area (Å²) < 4.78 is 36.5. The number of carbonyl (C=O) groups excluding carboxylic acids is 3. The van der Waals surface area contributed by atoms with Crippen LogP contribution in [0, 0.1) is 0 Å². The highest BCUT2D eigenvalue weighted by atomic mass is 32.2. The Balaban J connectivity index is 1.63. The molecule has 132 valence electrons. The van der Waals surface area contributed by atoms with E-state index in [-0.39, 0.29) is 18.7 Å². The van der Waals surface area contributed by atoms with E-state index in [0.717, 1.165) is 0 Å². The number of hydrazine groups is 1. The number of carbonyl (C=O) groups is 2. The monoisotopic (exact) mass is 367 g/mol. The summed E-state index contributed by atoms with van der Waals surface area (Å²) in [6.07, 6.45) is -0.771. The minimum Gasteiger partial charge on any atom is -0.397 e. The fourth-order valence-corrected chi connectivity index (χ4v) is 3.80. The van der Waals surface area contributed by atoms with Gasteiger partial charge >= 0.3 is 16.4 Å². The molecule has 25 heavy (non-hydrogen) atoms. The molecular weight excluding hydrogens is 354 g/mol. The van der Waals surface area contributed by atoms with Gasteiger partial charge in [0.05, 0.1) is 6.04 Å². The first-order valence-electron chi connectivity index (χ1n) is 7.19. The van der Waals surface area contributed by atoms with E-state index in [0.29, 0.717) is 9.87 Å². The zero-order chi connectivity index (χ0) is 18.2. The fraction of sp³-hybridized carbons (Fsp3) is 0.286. The maximum atomic E-state index is 11.9. The summed E-state index contributed by atoms with van der Waals surface area (Å²) in [6, 6.07) is 6.47. The maximum Gasteiger partial charge on any atom is 0.428 e. The molecule has 2 saturated heterocycles. The van der Waals surface area contributed by atoms with Crippen molar-refractivity contribution in [1.29, 1.82) is 0 Å². The molecule has 0 bridgehead atoms. The van der Waals surface area contributed by atoms with E-state index in [4.69, 9.17) is 9.29 Å². The van der Waals surface area contributed by atoms with Crippen molar-refractivity contribution in [2.45, 2.75) is 18.5 Å². The van der Waals surface area contributed by atoms with Gasteiger partial charge in [-0.3, -0.25) is 14.8 Å². The topological polar surface area (TPSA) is 133 Å². The van der Waals surface area contributed by atoms with Crippen LogP contribution in [0.3, 0.4) is 0 Å². The predicted molar refractivity (Wildman–Crippen MR) is 82.5 cm³/mol. The van der Waals surface area contributed by atoms with E-state index in [1.165, 1.54) is 11.0 Å². The van der Waals surface area contributed by atoms with E-state index in [1.807, 2.05) is 0 Å². The number of β-lactam (4-membered cyclic amide) rings is 1. The molecule has 11 heteroatoms. The summed E-state index contributed by atoms with van der Waals surface area (Å²) in [5.41, 5.74) is 2.65. The summed E-state index contributed by atoms with van der Waals surface area (Å²) in [5, 5.41) is 1.21. The summed E-state index contributed by atoms with van der Waals surface area (Å²) in [4.78, 5) is 34.8. The Bertz CT molecular complexity index is 864. The zero-order valence-electron chi connectivity index (χ0n) is 12.7. The summed E-state index contributed by atoms with van der Waals surface area (Å²) in [6.45, 7) is 0.174. The van der Waals surface area contributed by atoms with Gasteiger partial charge in [-0.15, -0.1) is 0 Å². The van der Waals surface area contributed by atoms with E-state index in [1.54, 1.807) is 30.3 Å². The first-order valence-corrected chi connectivity index (χ1v) is 8.59. The fourth-order valence-electron chi connectivity index (χ4n) is 2.90. The van der Waals surface area contributed by atoms with Crippen molar-refractivity contribution >= 4 is 34.0 Å². The van der Waals surface area contributed by atoms with Crippen LogP contribution in [0.25, 0.3) is 5.76 Å². The number of fused-ring (bicyclic) bond motifs is 1. The van der Waals surface area contributed by atoms with Crippen molar-refractivity contribution in [3.05, 3.63) is 35.9 Å². The Hall–Kier alpha value is -2.72. The number of rotatable bonds is 4. The molecule has 2 N–H and O–H groups in total. The standard InChI is InChI=1S/C14H13N3O7S/c18-8-11(9-4-2-1-3-5-9)24-14(20)15-16-7-6-10-12(16)13(19)17(10)25(21,22)23/h1-5,10,12H,6-7H2,(H,15,20)(H,21,22,23)/t10-,12+/m1/s1. The van der Waals surface area contributed by atoms with Gasteiger partial charge in [0.2, 0.25) is 5.76 Å². The Morgan fingerprint density at radius 3 is 2.60 bits per heavy atom. The molecule has 3 rings (SSSR count). The second-order valence-electron chi connectivity index (χ2n) is 5.40. The highest BCUT2D eigenvalue weighted by Crippen LogP contribution is 2.34. The molecule has 0 saturated carbocycles. The van der Waals surface area contributed by atoms with Gasteiger partial charge < -0.3 is 4.74 Å². The SMILES string of the molecule is O=C=C(OC(=O)NN1CC[C@@H]2[C@H]1C(=O)N2S(=O)(=O)O)c1ccccc1. The van der Waals surface area contributed by atoms with Gasteiger partial charge in [-0.05, 0) is 6.42 Å². The number of ether oxygens (including phenoxy) is 1. The molecule has 0 unspecified atom stereocenters. The van der Waals surface area contributed by atoms with Gasteiger partial charge in [-0.2, -0.15) is 8.42 Å². The minimum atomic E-state index is -4.62. The van der Waals surface area contributed by atoms with Gasteiger partial charge in [0.25, 0.3) is 5.91 Å². The molecule has 1 aromatic carbocycles. The third kappa shape index (κ3) is 3.13. The lowest BCUT2D eigenvalue weighted by Crippen LogP contribution is -2.69. The number of hydrogen-bond donors (Lipinski definition) is 2. The summed E-state index contributed by atoms with van der Waals surface area (Å²) in [5.74, 6) is 0.348. The van der Waals surface area contributed by atoms with Crippen molar-refractivity contribution in [2.75, 3.05) is 6.54 Å². The minimum absolute atomic E-state index is 0.174. The first-order chi connectivity index (χ1) is 11.8. The zero-order valence-corrected chi connectivity index (χ0v) is 13.5. The quantitative estimate of drug-likeness (QED) is 0.317. The van der Waals surface area contributed by atoms with Crippen molar-refractivity contribution in [3.63, 3.8) is 0 Å². The Labute approximate surface area is 142 Å². The normalized spacial score (nSPS) is 22.6. The molecule has 1 aromatic rings. The Kier molecular flexibility index (Phi) is 4.31. The molecule has 2 heterocycles. The highest BCUT2D eigenvalue weighted by Gasteiger charge is 2.59. The molecule has 2 atom stereocenters. The van der Waals surface area contributed by atoms with E-state index in [9.17, 15) is 22.8 Å². The number of nitrogens with one attached hydrogen (secondary N) is 1. The molecule has 0 aliphatic carbocycles. The smallest absolute Gasteiger partial charge is 0.397 e. The van der Waals surface area contributed by atoms with Crippen LogP contribution in [0.1, 0.15) is 12.0 Å². The Morgan fingerprint density at radius 2 is 2.00 bits per heavy atom. The molecular formula is C14H13N3O7S. The van der Waals surface area contributed by atoms with Crippen molar-refractivity contribution in [1.82, 2.24) is 14.7 Å². The molecule has 2 amide bonds. The second-order valence-corrected chi connectivity index (χ2v) is 6.69. The van der Waals surface area contributed by atoms with Gasteiger partial charge in [0.15, 0.2) is 5.94 Å². The van der Waals surface area contributed by atoms with E-state index >= 15 is 0 Å². The van der Waals surface area contributed by atoms with Crippen LogP contribution in [0.15, 0.2) is 30.3 Å². The number of amides is 2. The highest BCUT2D eigenvalue weighted by molar-refractivity contribution is 7.84. The largest absolute Gasteiger partial charge is 0.428 e. The lowest BCUT2D eigenvalue weighted by atomic mass is 10.0. The molecule has 0 aromatic heterocycles. The van der Waals surface area contributed by atoms with Gasteiger partial charge in [0.1, 0.15) is 6.04 Å². The van der Waals surface area contributed by atoms with Crippen LogP contribution >= 0.6 is 0 Å². The molecule has 2 fully saturated rings. The molecule has 10 nitrogen and oxygen atoms in total. The molecule has 0 radical (unpaired) electrons. The number of nitrogens with zero attached hydrogens (tertiary/aromatic N) is 2. The lowest BCUT2D eigenvalue weighted by molar-refractivity contribution is -0.145. The van der Waals surface area contributed by atoms with Crippen LogP contribution in [0.2, 0.25) is 0 Å². The Morgan fingerprint density at radius 1 is 1.32 bits per heavy atom. The number of benzene rings is 1. The number of hydrogen-bond acceptors (Lipinski definition) is 7. The van der Waals surface area contributed by atoms with E-state index < -0.39 is 34.4 Å². The van der Waals surface area contributed by atoms with Crippen LogP contribution in [0.5, 0.6) is 0 Å². The second kappa shape index (κ2) is 6.30. The van der Waals surface area contributed by atoms with Crippen molar-refractivity contribution < 1.29 is 32.1 Å². The van der Waals surface area contributed by atoms with Crippen LogP contribution < -0.4 is 5.43 Å². The average Bonchev–Trinajstić information content (AvgIpc) is 2.89. The average molecular weight is 367 g/mol. The van der Waals surface area contributed by atoms with Gasteiger partial charge in [-0.1, -0.05) is 30.3 Å². The third-order valence-corrected chi connectivity index (χ3v) is 4.89. The van der Waals surface area contributed by atoms with Crippen LogP contribution in [-0.2, 0) is 24.6 Å². The van der Waals surface area contributed by atoms with Crippen molar-refractivity contribution in [3.8, 4) is 0 Å². The first kappa shape index (κ1) is 17.1. The maximum absolute atomic E-state index is 11.9. The van der Waals surface area contributed by atoms with E-state index in [2.05, 4.69) is 5.43 Å². The van der Waals surface area contributed by atoms with Gasteiger partial charge in [-0.25, -0.2) is 18.9 Å². The molecule has 2 aliphatic rings.